The van der Waals surface area contributed by atoms with E-state index in [2.05, 4.69) is 10.6 Å². The molecule has 1 fully saturated rings. The van der Waals surface area contributed by atoms with Crippen LogP contribution in [-0.2, 0) is 6.54 Å². The highest BCUT2D eigenvalue weighted by Crippen LogP contribution is 2.25. The zero-order valence-corrected chi connectivity index (χ0v) is 14.8. The van der Waals surface area contributed by atoms with E-state index in [1.54, 1.807) is 0 Å². The highest BCUT2D eigenvalue weighted by molar-refractivity contribution is 5.99. The molecule has 1 aliphatic rings. The number of hydrogen-bond donors (Lipinski definition) is 2. The van der Waals surface area contributed by atoms with Gasteiger partial charge in [0.1, 0.15) is 5.56 Å². The summed E-state index contributed by atoms with van der Waals surface area (Å²) in [4.78, 5) is 37.2. The molecule has 26 heavy (non-hydrogen) atoms. The Bertz CT molecular complexity index is 854. The van der Waals surface area contributed by atoms with Crippen molar-refractivity contribution >= 4 is 11.8 Å². The maximum atomic E-state index is 12.6. The Kier molecular flexibility index (Phi) is 5.51. The van der Waals surface area contributed by atoms with Gasteiger partial charge >= 0.3 is 0 Å². The van der Waals surface area contributed by atoms with Crippen molar-refractivity contribution in [1.29, 1.82) is 0 Å². The topological polar surface area (TPSA) is 80.2 Å². The third kappa shape index (κ3) is 4.02. The van der Waals surface area contributed by atoms with Gasteiger partial charge in [0.15, 0.2) is 0 Å². The number of amides is 2. The van der Waals surface area contributed by atoms with Gasteiger partial charge < -0.3 is 15.2 Å². The summed E-state index contributed by atoms with van der Waals surface area (Å²) in [5.41, 5.74) is 0.798. The van der Waals surface area contributed by atoms with E-state index in [1.807, 2.05) is 30.3 Å². The molecule has 1 aliphatic carbocycles. The molecule has 0 unspecified atom stereocenters. The SMILES string of the molecule is CNC(=O)c1cc(C(=O)NCC2CCC2)cn(Cc2ccccc2)c1=O. The third-order valence-electron chi connectivity index (χ3n) is 4.79. The molecular weight excluding hydrogens is 330 g/mol. The van der Waals surface area contributed by atoms with Crippen LogP contribution in [-0.4, -0.2) is 30.0 Å². The van der Waals surface area contributed by atoms with Gasteiger partial charge in [-0.1, -0.05) is 36.8 Å². The van der Waals surface area contributed by atoms with Crippen molar-refractivity contribution in [2.24, 2.45) is 5.92 Å². The summed E-state index contributed by atoms with van der Waals surface area (Å²) in [6.45, 7) is 0.930. The molecule has 6 nitrogen and oxygen atoms in total. The van der Waals surface area contributed by atoms with Crippen LogP contribution in [0.3, 0.4) is 0 Å². The van der Waals surface area contributed by atoms with Crippen LogP contribution in [0.4, 0.5) is 0 Å². The first-order chi connectivity index (χ1) is 12.6. The fraction of sp³-hybridized carbons (Fsp3) is 0.350. The first-order valence-electron chi connectivity index (χ1n) is 8.87. The van der Waals surface area contributed by atoms with Crippen LogP contribution in [0.1, 0.15) is 45.5 Å². The second kappa shape index (κ2) is 7.99. The van der Waals surface area contributed by atoms with E-state index in [1.165, 1.54) is 30.3 Å². The molecule has 136 valence electrons. The zero-order valence-electron chi connectivity index (χ0n) is 14.8. The lowest BCUT2D eigenvalue weighted by Gasteiger charge is -2.25. The molecular formula is C20H23N3O3. The van der Waals surface area contributed by atoms with Gasteiger partial charge in [0.25, 0.3) is 17.4 Å². The number of carbonyl (C=O) groups is 2. The third-order valence-corrected chi connectivity index (χ3v) is 4.79. The molecule has 0 atom stereocenters. The molecule has 0 saturated heterocycles. The van der Waals surface area contributed by atoms with Crippen LogP contribution in [0, 0.1) is 5.92 Å². The average molecular weight is 353 g/mol. The fourth-order valence-corrected chi connectivity index (χ4v) is 2.99. The Morgan fingerprint density at radius 3 is 2.50 bits per heavy atom. The van der Waals surface area contributed by atoms with Crippen LogP contribution in [0.2, 0.25) is 0 Å². The highest BCUT2D eigenvalue weighted by atomic mass is 16.2. The molecule has 0 bridgehead atoms. The van der Waals surface area contributed by atoms with Crippen LogP contribution < -0.4 is 16.2 Å². The number of pyridine rings is 1. The summed E-state index contributed by atoms with van der Waals surface area (Å²) in [5, 5.41) is 5.37. The molecule has 2 aromatic rings. The summed E-state index contributed by atoms with van der Waals surface area (Å²) in [6.07, 6.45) is 5.01. The molecule has 1 aromatic carbocycles. The zero-order chi connectivity index (χ0) is 18.5. The van der Waals surface area contributed by atoms with Gasteiger partial charge in [0.2, 0.25) is 0 Å². The maximum absolute atomic E-state index is 12.6. The Balaban J connectivity index is 1.90. The average Bonchev–Trinajstić information content (AvgIpc) is 2.62. The van der Waals surface area contributed by atoms with Gasteiger partial charge in [-0.2, -0.15) is 0 Å². The second-order valence-electron chi connectivity index (χ2n) is 6.65. The number of rotatable bonds is 6. The summed E-state index contributed by atoms with van der Waals surface area (Å²) < 4.78 is 1.41. The molecule has 0 aliphatic heterocycles. The van der Waals surface area contributed by atoms with Gasteiger partial charge in [-0.25, -0.2) is 0 Å². The second-order valence-corrected chi connectivity index (χ2v) is 6.65. The van der Waals surface area contributed by atoms with Crippen molar-refractivity contribution in [2.75, 3.05) is 13.6 Å². The van der Waals surface area contributed by atoms with E-state index in [-0.39, 0.29) is 11.5 Å². The van der Waals surface area contributed by atoms with E-state index in [0.717, 1.165) is 18.4 Å². The smallest absolute Gasteiger partial charge is 0.263 e. The molecule has 3 rings (SSSR count). The Morgan fingerprint density at radius 2 is 1.88 bits per heavy atom. The van der Waals surface area contributed by atoms with Crippen LogP contribution in [0.15, 0.2) is 47.4 Å². The van der Waals surface area contributed by atoms with Crippen molar-refractivity contribution in [3.63, 3.8) is 0 Å². The standard InChI is InChI=1S/C20H23N3O3/c1-21-19(25)17-10-16(18(24)22-11-14-8-5-9-14)13-23(20(17)26)12-15-6-3-2-4-7-15/h2-4,6-7,10,13-14H,5,8-9,11-12H2,1H3,(H,21,25)(H,22,24). The lowest BCUT2D eigenvalue weighted by molar-refractivity contribution is 0.0938. The molecule has 2 amide bonds. The molecule has 6 heteroatoms. The van der Waals surface area contributed by atoms with Crippen molar-refractivity contribution in [3.05, 3.63) is 69.6 Å². The van der Waals surface area contributed by atoms with Gasteiger partial charge in [-0.3, -0.25) is 14.4 Å². The lowest BCUT2D eigenvalue weighted by Crippen LogP contribution is -2.35. The number of hydrogen-bond acceptors (Lipinski definition) is 3. The molecule has 1 aromatic heterocycles. The summed E-state index contributed by atoms with van der Waals surface area (Å²) in [7, 11) is 1.46. The molecule has 0 radical (unpaired) electrons. The number of nitrogens with one attached hydrogen (secondary N) is 2. The largest absolute Gasteiger partial charge is 0.355 e. The van der Waals surface area contributed by atoms with Crippen LogP contribution >= 0.6 is 0 Å². The van der Waals surface area contributed by atoms with Gasteiger partial charge in [0.05, 0.1) is 12.1 Å². The van der Waals surface area contributed by atoms with Crippen molar-refractivity contribution in [3.8, 4) is 0 Å². The molecule has 0 spiro atoms. The fourth-order valence-electron chi connectivity index (χ4n) is 2.99. The molecule has 1 heterocycles. The van der Waals surface area contributed by atoms with E-state index >= 15 is 0 Å². The summed E-state index contributed by atoms with van der Waals surface area (Å²) in [5.74, 6) is -0.220. The van der Waals surface area contributed by atoms with Gasteiger partial charge in [0, 0.05) is 19.8 Å². The van der Waals surface area contributed by atoms with Crippen LogP contribution in [0.5, 0.6) is 0 Å². The minimum Gasteiger partial charge on any atom is -0.355 e. The van der Waals surface area contributed by atoms with E-state index < -0.39 is 11.5 Å². The first kappa shape index (κ1) is 17.9. The predicted molar refractivity (Wildman–Crippen MR) is 99.3 cm³/mol. The quantitative estimate of drug-likeness (QED) is 0.831. The lowest BCUT2D eigenvalue weighted by atomic mass is 9.85. The number of benzene rings is 1. The Morgan fingerprint density at radius 1 is 1.15 bits per heavy atom. The van der Waals surface area contributed by atoms with Crippen molar-refractivity contribution < 1.29 is 9.59 Å². The predicted octanol–water partition coefficient (Wildman–Crippen LogP) is 1.79. The highest BCUT2D eigenvalue weighted by Gasteiger charge is 2.20. The molecule has 2 N–H and O–H groups in total. The first-order valence-corrected chi connectivity index (χ1v) is 8.87. The summed E-state index contributed by atoms with van der Waals surface area (Å²) in [6, 6.07) is 10.8. The van der Waals surface area contributed by atoms with E-state index in [0.29, 0.717) is 24.6 Å². The number of nitrogens with zero attached hydrogens (tertiary/aromatic N) is 1. The Hall–Kier alpha value is -2.89. The maximum Gasteiger partial charge on any atom is 0.263 e. The van der Waals surface area contributed by atoms with Gasteiger partial charge in [-0.15, -0.1) is 0 Å². The summed E-state index contributed by atoms with van der Waals surface area (Å²) >= 11 is 0. The van der Waals surface area contributed by atoms with Crippen molar-refractivity contribution in [2.45, 2.75) is 25.8 Å². The van der Waals surface area contributed by atoms with E-state index in [9.17, 15) is 14.4 Å². The minimum atomic E-state index is -0.495. The Labute approximate surface area is 152 Å². The normalized spacial score (nSPS) is 13.7. The van der Waals surface area contributed by atoms with Crippen molar-refractivity contribution in [1.82, 2.24) is 15.2 Å². The monoisotopic (exact) mass is 353 g/mol. The van der Waals surface area contributed by atoms with Crippen LogP contribution in [0.25, 0.3) is 0 Å². The van der Waals surface area contributed by atoms with E-state index in [4.69, 9.17) is 0 Å². The minimum absolute atomic E-state index is 0.0280. The van der Waals surface area contributed by atoms with Gasteiger partial charge in [-0.05, 0) is 30.4 Å². The molecule has 1 saturated carbocycles. The number of aromatic nitrogens is 1. The number of carbonyl (C=O) groups excluding carboxylic acids is 2.